The Morgan fingerprint density at radius 3 is 3.00 bits per heavy atom. The van der Waals surface area contributed by atoms with Crippen LogP contribution in [0.5, 0.6) is 0 Å². The number of aryl methyl sites for hydroxylation is 2. The third-order valence-electron chi connectivity index (χ3n) is 4.68. The van der Waals surface area contributed by atoms with E-state index >= 15 is 0 Å². The van der Waals surface area contributed by atoms with Crippen LogP contribution in [-0.2, 0) is 6.54 Å². The lowest BCUT2D eigenvalue weighted by Crippen LogP contribution is -2.34. The summed E-state index contributed by atoms with van der Waals surface area (Å²) < 4.78 is 5.31. The number of aromatic amines is 1. The Balaban J connectivity index is 1.52. The second kappa shape index (κ2) is 5.81. The molecule has 0 bridgehead atoms. The fourth-order valence-electron chi connectivity index (χ4n) is 3.52. The smallest absolute Gasteiger partial charge is 0.191 e. The van der Waals surface area contributed by atoms with Crippen LogP contribution in [-0.4, -0.2) is 32.9 Å². The first-order valence-corrected chi connectivity index (χ1v) is 8.27. The molecule has 0 radical (unpaired) electrons. The molecular weight excluding hydrogens is 288 g/mol. The Kier molecular flexibility index (Phi) is 3.65. The average molecular weight is 310 g/mol. The SMILES string of the molecule is Cc1nc(CN2CCCC(c3nc4c(C)cccc4[nH]3)C2)co1. The Bertz CT molecular complexity index is 819. The van der Waals surface area contributed by atoms with Gasteiger partial charge in [0.1, 0.15) is 12.1 Å². The van der Waals surface area contributed by atoms with E-state index in [0.717, 1.165) is 48.1 Å². The molecule has 5 nitrogen and oxygen atoms in total. The van der Waals surface area contributed by atoms with Crippen molar-refractivity contribution in [2.24, 2.45) is 0 Å². The quantitative estimate of drug-likeness (QED) is 0.804. The van der Waals surface area contributed by atoms with Gasteiger partial charge < -0.3 is 9.40 Å². The molecule has 3 heterocycles. The van der Waals surface area contributed by atoms with Gasteiger partial charge in [-0.2, -0.15) is 0 Å². The van der Waals surface area contributed by atoms with Crippen LogP contribution in [0.1, 0.15) is 41.7 Å². The first-order chi connectivity index (χ1) is 11.2. The summed E-state index contributed by atoms with van der Waals surface area (Å²) in [6.45, 7) is 6.99. The fraction of sp³-hybridized carbons (Fsp3) is 0.444. The maximum atomic E-state index is 5.31. The maximum Gasteiger partial charge on any atom is 0.191 e. The van der Waals surface area contributed by atoms with Crippen LogP contribution in [0.3, 0.4) is 0 Å². The van der Waals surface area contributed by atoms with Gasteiger partial charge in [-0.1, -0.05) is 12.1 Å². The van der Waals surface area contributed by atoms with E-state index in [1.807, 2.05) is 6.92 Å². The zero-order valence-corrected chi connectivity index (χ0v) is 13.7. The van der Waals surface area contributed by atoms with Gasteiger partial charge in [0.2, 0.25) is 0 Å². The number of hydrogen-bond donors (Lipinski definition) is 1. The summed E-state index contributed by atoms with van der Waals surface area (Å²) in [5.74, 6) is 2.32. The van der Waals surface area contributed by atoms with Crippen molar-refractivity contribution in [3.8, 4) is 0 Å². The van der Waals surface area contributed by atoms with Crippen molar-refractivity contribution < 1.29 is 4.42 Å². The lowest BCUT2D eigenvalue weighted by molar-refractivity contribution is 0.195. The zero-order valence-electron chi connectivity index (χ0n) is 13.7. The second-order valence-corrected chi connectivity index (χ2v) is 6.53. The summed E-state index contributed by atoms with van der Waals surface area (Å²) in [4.78, 5) is 15.3. The molecule has 3 aromatic rings. The minimum atomic E-state index is 0.462. The third-order valence-corrected chi connectivity index (χ3v) is 4.68. The van der Waals surface area contributed by atoms with Gasteiger partial charge in [0, 0.05) is 25.9 Å². The summed E-state index contributed by atoms with van der Waals surface area (Å²) in [6, 6.07) is 6.31. The highest BCUT2D eigenvalue weighted by Gasteiger charge is 2.24. The van der Waals surface area contributed by atoms with E-state index in [9.17, 15) is 0 Å². The lowest BCUT2D eigenvalue weighted by Gasteiger charge is -2.31. The highest BCUT2D eigenvalue weighted by Crippen LogP contribution is 2.28. The number of hydrogen-bond acceptors (Lipinski definition) is 4. The maximum absolute atomic E-state index is 5.31. The standard InChI is InChI=1S/C18H22N4O/c1-12-5-3-7-16-17(12)21-18(20-16)14-6-4-8-22(9-14)10-15-11-23-13(2)19-15/h3,5,7,11,14H,4,6,8-10H2,1-2H3,(H,20,21). The lowest BCUT2D eigenvalue weighted by atomic mass is 9.97. The molecule has 0 spiro atoms. The number of imidazole rings is 1. The molecule has 2 aromatic heterocycles. The van der Waals surface area contributed by atoms with E-state index in [1.165, 1.54) is 18.4 Å². The topological polar surface area (TPSA) is 58.0 Å². The molecule has 120 valence electrons. The van der Waals surface area contributed by atoms with Gasteiger partial charge in [0.05, 0.1) is 16.7 Å². The number of H-pyrrole nitrogens is 1. The molecule has 1 unspecified atom stereocenters. The van der Waals surface area contributed by atoms with E-state index in [2.05, 4.69) is 40.0 Å². The zero-order chi connectivity index (χ0) is 15.8. The Morgan fingerprint density at radius 1 is 1.30 bits per heavy atom. The number of benzene rings is 1. The van der Waals surface area contributed by atoms with Crippen LogP contribution in [0.15, 0.2) is 28.9 Å². The molecule has 0 aliphatic carbocycles. The highest BCUT2D eigenvalue weighted by atomic mass is 16.3. The predicted molar refractivity (Wildman–Crippen MR) is 89.3 cm³/mol. The molecule has 5 heteroatoms. The summed E-state index contributed by atoms with van der Waals surface area (Å²) in [5.41, 5.74) is 4.50. The summed E-state index contributed by atoms with van der Waals surface area (Å²) in [7, 11) is 0. The Labute approximate surface area is 135 Å². The molecule has 0 amide bonds. The highest BCUT2D eigenvalue weighted by molar-refractivity contribution is 5.78. The van der Waals surface area contributed by atoms with Crippen LogP contribution in [0.2, 0.25) is 0 Å². The van der Waals surface area contributed by atoms with Crippen molar-refractivity contribution in [1.82, 2.24) is 19.9 Å². The van der Waals surface area contributed by atoms with Gasteiger partial charge in [-0.3, -0.25) is 4.90 Å². The molecule has 1 N–H and O–H groups in total. The van der Waals surface area contributed by atoms with Gasteiger partial charge in [0.15, 0.2) is 5.89 Å². The van der Waals surface area contributed by atoms with E-state index in [-0.39, 0.29) is 0 Å². The van der Waals surface area contributed by atoms with Crippen molar-refractivity contribution in [2.75, 3.05) is 13.1 Å². The number of para-hydroxylation sites is 1. The predicted octanol–water partition coefficient (Wildman–Crippen LogP) is 3.55. The molecule has 23 heavy (non-hydrogen) atoms. The molecular formula is C18H22N4O. The number of nitrogens with one attached hydrogen (secondary N) is 1. The minimum Gasteiger partial charge on any atom is -0.449 e. The van der Waals surface area contributed by atoms with Crippen molar-refractivity contribution in [3.63, 3.8) is 0 Å². The van der Waals surface area contributed by atoms with Gasteiger partial charge in [0.25, 0.3) is 0 Å². The van der Waals surface area contributed by atoms with Gasteiger partial charge in [-0.15, -0.1) is 0 Å². The fourth-order valence-corrected chi connectivity index (χ4v) is 3.52. The van der Waals surface area contributed by atoms with E-state index < -0.39 is 0 Å². The van der Waals surface area contributed by atoms with Gasteiger partial charge in [-0.05, 0) is 37.9 Å². The molecule has 1 aliphatic rings. The van der Waals surface area contributed by atoms with E-state index in [4.69, 9.17) is 9.40 Å². The molecule has 1 aromatic carbocycles. The largest absolute Gasteiger partial charge is 0.449 e. The van der Waals surface area contributed by atoms with Crippen molar-refractivity contribution in [3.05, 3.63) is 47.4 Å². The summed E-state index contributed by atoms with van der Waals surface area (Å²) in [6.07, 6.45) is 4.15. The van der Waals surface area contributed by atoms with Crippen molar-refractivity contribution in [1.29, 1.82) is 0 Å². The first kappa shape index (κ1) is 14.5. The van der Waals surface area contributed by atoms with Gasteiger partial charge in [-0.25, -0.2) is 9.97 Å². The number of rotatable bonds is 3. The van der Waals surface area contributed by atoms with Crippen molar-refractivity contribution >= 4 is 11.0 Å². The summed E-state index contributed by atoms with van der Waals surface area (Å²) >= 11 is 0. The van der Waals surface area contributed by atoms with Crippen LogP contribution >= 0.6 is 0 Å². The molecule has 1 fully saturated rings. The van der Waals surface area contributed by atoms with E-state index in [0.29, 0.717) is 5.92 Å². The number of nitrogens with zero attached hydrogens (tertiary/aromatic N) is 3. The van der Waals surface area contributed by atoms with Crippen molar-refractivity contribution in [2.45, 2.75) is 39.2 Å². The van der Waals surface area contributed by atoms with Crippen LogP contribution < -0.4 is 0 Å². The number of fused-ring (bicyclic) bond motifs is 1. The third kappa shape index (κ3) is 2.88. The van der Waals surface area contributed by atoms with Gasteiger partial charge >= 0.3 is 0 Å². The monoisotopic (exact) mass is 310 g/mol. The molecule has 1 saturated heterocycles. The number of piperidine rings is 1. The Morgan fingerprint density at radius 2 is 2.22 bits per heavy atom. The molecule has 1 aliphatic heterocycles. The van der Waals surface area contributed by atoms with Crippen LogP contribution in [0, 0.1) is 13.8 Å². The first-order valence-electron chi connectivity index (χ1n) is 8.27. The van der Waals surface area contributed by atoms with Crippen LogP contribution in [0.4, 0.5) is 0 Å². The summed E-state index contributed by atoms with van der Waals surface area (Å²) in [5, 5.41) is 0. The number of likely N-dealkylation sites (tertiary alicyclic amines) is 1. The molecule has 0 saturated carbocycles. The van der Waals surface area contributed by atoms with E-state index in [1.54, 1.807) is 6.26 Å². The normalized spacial score (nSPS) is 19.5. The number of oxazole rings is 1. The Hall–Kier alpha value is -2.14. The molecule has 1 atom stereocenters. The number of aromatic nitrogens is 3. The average Bonchev–Trinajstić information content (AvgIpc) is 3.15. The minimum absolute atomic E-state index is 0.462. The second-order valence-electron chi connectivity index (χ2n) is 6.53. The van der Waals surface area contributed by atoms with Crippen LogP contribution in [0.25, 0.3) is 11.0 Å². The molecule has 4 rings (SSSR count).